The summed E-state index contributed by atoms with van der Waals surface area (Å²) in [6.45, 7) is 2.82. The molecule has 0 saturated carbocycles. The Morgan fingerprint density at radius 1 is 1.31 bits per heavy atom. The molecule has 2 aliphatic rings. The second kappa shape index (κ2) is 7.88. The zero-order valence-corrected chi connectivity index (χ0v) is 16.2. The number of morpholine rings is 1. The van der Waals surface area contributed by atoms with E-state index in [2.05, 4.69) is 15.4 Å². The van der Waals surface area contributed by atoms with Crippen molar-refractivity contribution >= 4 is 17.6 Å². The maximum absolute atomic E-state index is 13.4. The summed E-state index contributed by atoms with van der Waals surface area (Å²) in [7, 11) is 1.79. The highest BCUT2D eigenvalue weighted by Gasteiger charge is 2.44. The minimum absolute atomic E-state index is 0.141. The summed E-state index contributed by atoms with van der Waals surface area (Å²) in [6.07, 6.45) is 4.87. The average Bonchev–Trinajstić information content (AvgIpc) is 3.27. The van der Waals surface area contributed by atoms with Gasteiger partial charge in [-0.2, -0.15) is 5.10 Å². The SMILES string of the molecule is Cn1ccc(NC(=O)CN2CCOC3(CCN(C(=O)c4cncc(F)c4)C3)C2)n1. The van der Waals surface area contributed by atoms with Crippen LogP contribution in [0.1, 0.15) is 16.8 Å². The predicted molar refractivity (Wildman–Crippen MR) is 102 cm³/mol. The molecule has 1 N–H and O–H groups in total. The van der Waals surface area contributed by atoms with Gasteiger partial charge in [0.2, 0.25) is 5.91 Å². The standard InChI is InChI=1S/C19H23FN6O3/c1-24-4-2-16(23-24)22-17(27)11-25-6-7-29-19(12-25)3-5-26(13-19)18(28)14-8-15(20)10-21-9-14/h2,4,8-10H,3,5-7,11-13H2,1H3,(H,22,23,27). The Labute approximate surface area is 167 Å². The Morgan fingerprint density at radius 2 is 2.17 bits per heavy atom. The maximum Gasteiger partial charge on any atom is 0.255 e. The third-order valence-electron chi connectivity index (χ3n) is 5.23. The molecule has 2 saturated heterocycles. The molecule has 4 heterocycles. The number of anilines is 1. The second-order valence-corrected chi connectivity index (χ2v) is 7.53. The van der Waals surface area contributed by atoms with Crippen molar-refractivity contribution in [1.29, 1.82) is 0 Å². The summed E-state index contributed by atoms with van der Waals surface area (Å²) < 4.78 is 21.0. The minimum Gasteiger partial charge on any atom is -0.370 e. The molecule has 0 aromatic carbocycles. The molecule has 9 nitrogen and oxygen atoms in total. The Bertz CT molecular complexity index is 919. The first-order valence-electron chi connectivity index (χ1n) is 9.48. The van der Waals surface area contributed by atoms with E-state index in [0.717, 1.165) is 6.20 Å². The molecule has 4 rings (SSSR count). The molecule has 0 radical (unpaired) electrons. The lowest BCUT2D eigenvalue weighted by Gasteiger charge is -2.40. The number of hydrogen-bond acceptors (Lipinski definition) is 6. The molecule has 29 heavy (non-hydrogen) atoms. The van der Waals surface area contributed by atoms with E-state index in [4.69, 9.17) is 4.74 Å². The summed E-state index contributed by atoms with van der Waals surface area (Å²) in [4.78, 5) is 32.4. The van der Waals surface area contributed by atoms with Gasteiger partial charge in [0.25, 0.3) is 5.91 Å². The number of nitrogens with zero attached hydrogens (tertiary/aromatic N) is 5. The highest BCUT2D eigenvalue weighted by atomic mass is 19.1. The number of pyridine rings is 1. The number of likely N-dealkylation sites (tertiary alicyclic amines) is 1. The van der Waals surface area contributed by atoms with Crippen LogP contribution in [0.4, 0.5) is 10.2 Å². The third kappa shape index (κ3) is 4.43. The van der Waals surface area contributed by atoms with E-state index in [1.54, 1.807) is 28.9 Å². The maximum atomic E-state index is 13.4. The van der Waals surface area contributed by atoms with Crippen molar-refractivity contribution in [3.63, 3.8) is 0 Å². The first kappa shape index (κ1) is 19.5. The Balaban J connectivity index is 1.35. The highest BCUT2D eigenvalue weighted by Crippen LogP contribution is 2.30. The first-order valence-corrected chi connectivity index (χ1v) is 9.48. The van der Waals surface area contributed by atoms with Crippen LogP contribution in [0.5, 0.6) is 0 Å². The Kier molecular flexibility index (Phi) is 5.29. The number of amides is 2. The molecule has 10 heteroatoms. The van der Waals surface area contributed by atoms with E-state index >= 15 is 0 Å². The van der Waals surface area contributed by atoms with Gasteiger partial charge in [0, 0.05) is 45.1 Å². The van der Waals surface area contributed by atoms with Crippen molar-refractivity contribution in [3.05, 3.63) is 42.1 Å². The fourth-order valence-corrected chi connectivity index (χ4v) is 3.90. The van der Waals surface area contributed by atoms with Crippen molar-refractivity contribution < 1.29 is 18.7 Å². The molecule has 1 atom stereocenters. The van der Waals surface area contributed by atoms with Crippen molar-refractivity contribution in [2.24, 2.45) is 7.05 Å². The molecule has 2 aliphatic heterocycles. The van der Waals surface area contributed by atoms with Crippen LogP contribution in [0, 0.1) is 5.82 Å². The lowest BCUT2D eigenvalue weighted by Crippen LogP contribution is -2.55. The molecule has 2 aromatic rings. The lowest BCUT2D eigenvalue weighted by molar-refractivity contribution is -0.125. The molecule has 1 unspecified atom stereocenters. The van der Waals surface area contributed by atoms with E-state index in [0.29, 0.717) is 45.0 Å². The van der Waals surface area contributed by atoms with Crippen LogP contribution in [0.25, 0.3) is 0 Å². The summed E-state index contributed by atoms with van der Waals surface area (Å²) >= 11 is 0. The van der Waals surface area contributed by atoms with Gasteiger partial charge in [0.15, 0.2) is 5.82 Å². The van der Waals surface area contributed by atoms with Gasteiger partial charge in [-0.3, -0.25) is 24.2 Å². The van der Waals surface area contributed by atoms with E-state index in [-0.39, 0.29) is 23.9 Å². The monoisotopic (exact) mass is 402 g/mol. The van der Waals surface area contributed by atoms with E-state index in [1.165, 1.54) is 12.3 Å². The van der Waals surface area contributed by atoms with Crippen LogP contribution in [0.15, 0.2) is 30.7 Å². The number of hydrogen-bond donors (Lipinski definition) is 1. The second-order valence-electron chi connectivity index (χ2n) is 7.53. The summed E-state index contributed by atoms with van der Waals surface area (Å²) in [5.74, 6) is -0.425. The lowest BCUT2D eigenvalue weighted by atomic mass is 10.0. The molecular weight excluding hydrogens is 379 g/mol. The minimum atomic E-state index is -0.538. The predicted octanol–water partition coefficient (Wildman–Crippen LogP) is 0.510. The normalized spacial score (nSPS) is 22.2. The van der Waals surface area contributed by atoms with Crippen LogP contribution in [-0.2, 0) is 16.6 Å². The van der Waals surface area contributed by atoms with E-state index in [9.17, 15) is 14.0 Å². The third-order valence-corrected chi connectivity index (χ3v) is 5.23. The molecule has 2 aromatic heterocycles. The van der Waals surface area contributed by atoms with Gasteiger partial charge in [-0.05, 0) is 12.5 Å². The number of aromatic nitrogens is 3. The largest absolute Gasteiger partial charge is 0.370 e. The van der Waals surface area contributed by atoms with Crippen LogP contribution in [-0.4, -0.2) is 81.3 Å². The summed E-state index contributed by atoms with van der Waals surface area (Å²) in [5.41, 5.74) is -0.288. The molecular formula is C19H23FN6O3. The number of nitrogens with one attached hydrogen (secondary N) is 1. The average molecular weight is 402 g/mol. The number of halogens is 1. The molecule has 0 aliphatic carbocycles. The van der Waals surface area contributed by atoms with Gasteiger partial charge in [-0.15, -0.1) is 0 Å². The van der Waals surface area contributed by atoms with Crippen LogP contribution >= 0.6 is 0 Å². The van der Waals surface area contributed by atoms with E-state index in [1.807, 2.05) is 4.90 Å². The van der Waals surface area contributed by atoms with Gasteiger partial charge in [-0.25, -0.2) is 4.39 Å². The topological polar surface area (TPSA) is 92.6 Å². The number of aryl methyl sites for hydroxylation is 1. The smallest absolute Gasteiger partial charge is 0.255 e. The van der Waals surface area contributed by atoms with Gasteiger partial charge in [0.05, 0.1) is 31.5 Å². The molecule has 154 valence electrons. The molecule has 1 spiro atoms. The van der Waals surface area contributed by atoms with Crippen molar-refractivity contribution in [2.75, 3.05) is 44.6 Å². The quantitative estimate of drug-likeness (QED) is 0.801. The van der Waals surface area contributed by atoms with Crippen molar-refractivity contribution in [3.8, 4) is 0 Å². The number of rotatable bonds is 4. The fourth-order valence-electron chi connectivity index (χ4n) is 3.90. The van der Waals surface area contributed by atoms with E-state index < -0.39 is 11.4 Å². The number of carbonyl (C=O) groups excluding carboxylic acids is 2. The Hall–Kier alpha value is -2.85. The van der Waals surface area contributed by atoms with Crippen LogP contribution < -0.4 is 5.32 Å². The number of carbonyl (C=O) groups is 2. The molecule has 2 fully saturated rings. The highest BCUT2D eigenvalue weighted by molar-refractivity contribution is 5.94. The van der Waals surface area contributed by atoms with Crippen molar-refractivity contribution in [1.82, 2.24) is 24.6 Å². The zero-order valence-electron chi connectivity index (χ0n) is 16.2. The summed E-state index contributed by atoms with van der Waals surface area (Å²) in [6, 6.07) is 2.93. The van der Waals surface area contributed by atoms with Gasteiger partial charge in [-0.1, -0.05) is 0 Å². The Morgan fingerprint density at radius 3 is 2.93 bits per heavy atom. The van der Waals surface area contributed by atoms with Crippen LogP contribution in [0.3, 0.4) is 0 Å². The van der Waals surface area contributed by atoms with Gasteiger partial charge < -0.3 is 15.0 Å². The van der Waals surface area contributed by atoms with Crippen LogP contribution in [0.2, 0.25) is 0 Å². The molecule has 0 bridgehead atoms. The fraction of sp³-hybridized carbons (Fsp3) is 0.474. The zero-order chi connectivity index (χ0) is 20.4. The molecule has 2 amide bonds. The first-order chi connectivity index (χ1) is 13.9. The number of ether oxygens (including phenoxy) is 1. The van der Waals surface area contributed by atoms with Crippen molar-refractivity contribution in [2.45, 2.75) is 12.0 Å². The van der Waals surface area contributed by atoms with Gasteiger partial charge >= 0.3 is 0 Å². The van der Waals surface area contributed by atoms with Gasteiger partial charge in [0.1, 0.15) is 11.4 Å². The summed E-state index contributed by atoms with van der Waals surface area (Å²) in [5, 5.41) is 6.93.